The second-order valence-corrected chi connectivity index (χ2v) is 4.26. The molecule has 5 heteroatoms. The molecule has 0 aromatic rings. The number of hydrogen-bond donors (Lipinski definition) is 0. The van der Waals surface area contributed by atoms with Gasteiger partial charge in [-0.25, -0.2) is 8.42 Å². The molecule has 0 aromatic heterocycles. The van der Waals surface area contributed by atoms with E-state index in [1.165, 1.54) is 10.6 Å². The average Bonchev–Trinajstić information content (AvgIpc) is 1.88. The van der Waals surface area contributed by atoms with E-state index >= 15 is 0 Å². The molecule has 0 saturated carbocycles. The third-order valence-electron chi connectivity index (χ3n) is 1.44. The van der Waals surface area contributed by atoms with Gasteiger partial charge in [-0.1, -0.05) is 0 Å². The SMILES string of the molecule is CS(=O)(=O)N1CCOCC1. The van der Waals surface area contributed by atoms with Gasteiger partial charge >= 0.3 is 0 Å². The van der Waals surface area contributed by atoms with E-state index in [0.717, 1.165) is 0 Å². The van der Waals surface area contributed by atoms with E-state index < -0.39 is 10.0 Å². The molecule has 1 aliphatic rings. The van der Waals surface area contributed by atoms with Crippen molar-refractivity contribution >= 4 is 10.0 Å². The van der Waals surface area contributed by atoms with Gasteiger partial charge in [0.25, 0.3) is 0 Å². The molecule has 1 saturated heterocycles. The molecule has 0 aliphatic carbocycles. The molecule has 1 rings (SSSR count). The van der Waals surface area contributed by atoms with Crippen LogP contribution < -0.4 is 0 Å². The highest BCUT2D eigenvalue weighted by atomic mass is 32.2. The van der Waals surface area contributed by atoms with Crippen molar-refractivity contribution in [1.29, 1.82) is 0 Å². The lowest BCUT2D eigenvalue weighted by molar-refractivity contribution is 0.0733. The molecule has 1 fully saturated rings. The summed E-state index contributed by atoms with van der Waals surface area (Å²) in [4.78, 5) is 0. The summed E-state index contributed by atoms with van der Waals surface area (Å²) >= 11 is 0. The predicted octanol–water partition coefficient (Wildman–Crippen LogP) is -0.722. The van der Waals surface area contributed by atoms with Crippen molar-refractivity contribution in [2.24, 2.45) is 0 Å². The van der Waals surface area contributed by atoms with Crippen molar-refractivity contribution in [3.8, 4) is 0 Å². The number of morpholine rings is 1. The summed E-state index contributed by atoms with van der Waals surface area (Å²) in [5, 5.41) is 0. The first-order chi connectivity index (χ1) is 4.61. The number of nitrogens with zero attached hydrogens (tertiary/aromatic N) is 1. The summed E-state index contributed by atoms with van der Waals surface area (Å²) in [6, 6.07) is 0. The first-order valence-electron chi connectivity index (χ1n) is 3.13. The van der Waals surface area contributed by atoms with Gasteiger partial charge in [-0.15, -0.1) is 0 Å². The van der Waals surface area contributed by atoms with Crippen molar-refractivity contribution in [2.45, 2.75) is 0 Å². The Bertz CT molecular complexity index is 193. The van der Waals surface area contributed by atoms with Gasteiger partial charge in [-0.3, -0.25) is 0 Å². The quantitative estimate of drug-likeness (QED) is 0.515. The largest absolute Gasteiger partial charge is 0.379 e. The fourth-order valence-electron chi connectivity index (χ4n) is 0.878. The van der Waals surface area contributed by atoms with E-state index in [-0.39, 0.29) is 0 Å². The summed E-state index contributed by atoms with van der Waals surface area (Å²) in [7, 11) is -2.97. The first-order valence-corrected chi connectivity index (χ1v) is 4.98. The Balaban J connectivity index is 2.56. The third kappa shape index (κ3) is 1.93. The summed E-state index contributed by atoms with van der Waals surface area (Å²) in [6.45, 7) is 2.04. The number of hydrogen-bond acceptors (Lipinski definition) is 3. The van der Waals surface area contributed by atoms with Crippen molar-refractivity contribution in [2.75, 3.05) is 32.6 Å². The molecule has 0 atom stereocenters. The zero-order chi connectivity index (χ0) is 7.61. The summed E-state index contributed by atoms with van der Waals surface area (Å²) in [6.07, 6.45) is 1.22. The molecule has 10 heavy (non-hydrogen) atoms. The maximum Gasteiger partial charge on any atom is 0.211 e. The van der Waals surface area contributed by atoms with Crippen LogP contribution in [0, 0.1) is 0 Å². The molecule has 1 aliphatic heterocycles. The Morgan fingerprint density at radius 1 is 1.30 bits per heavy atom. The fraction of sp³-hybridized carbons (Fsp3) is 1.00. The average molecular weight is 165 g/mol. The lowest BCUT2D eigenvalue weighted by Crippen LogP contribution is -2.39. The third-order valence-corrected chi connectivity index (χ3v) is 2.74. The second kappa shape index (κ2) is 2.86. The maximum atomic E-state index is 10.9. The van der Waals surface area contributed by atoms with Gasteiger partial charge < -0.3 is 4.74 Å². The minimum atomic E-state index is -2.97. The van der Waals surface area contributed by atoms with Crippen LogP contribution in [-0.4, -0.2) is 45.3 Å². The molecule has 0 spiro atoms. The van der Waals surface area contributed by atoms with Crippen molar-refractivity contribution < 1.29 is 13.2 Å². The highest BCUT2D eigenvalue weighted by molar-refractivity contribution is 7.88. The molecule has 0 unspecified atom stereocenters. The van der Waals surface area contributed by atoms with Crippen molar-refractivity contribution in [1.82, 2.24) is 4.31 Å². The minimum absolute atomic E-state index is 0.499. The molecule has 0 N–H and O–H groups in total. The van der Waals surface area contributed by atoms with Crippen LogP contribution in [0.2, 0.25) is 0 Å². The van der Waals surface area contributed by atoms with Crippen molar-refractivity contribution in [3.05, 3.63) is 0 Å². The number of rotatable bonds is 1. The van der Waals surface area contributed by atoms with Crippen LogP contribution in [-0.2, 0) is 14.8 Å². The Hall–Kier alpha value is -0.130. The first kappa shape index (κ1) is 7.97. The molecular formula is C5H11NO3S. The molecule has 0 aromatic carbocycles. The lowest BCUT2D eigenvalue weighted by Gasteiger charge is -2.23. The molecule has 0 radical (unpaired) electrons. The van der Waals surface area contributed by atoms with E-state index in [2.05, 4.69) is 0 Å². The van der Waals surface area contributed by atoms with Crippen LogP contribution in [0.25, 0.3) is 0 Å². The zero-order valence-corrected chi connectivity index (χ0v) is 6.73. The monoisotopic (exact) mass is 165 g/mol. The van der Waals surface area contributed by atoms with Crippen LogP contribution in [0.1, 0.15) is 0 Å². The molecular weight excluding hydrogens is 154 g/mol. The maximum absolute atomic E-state index is 10.9. The number of ether oxygens (including phenoxy) is 1. The normalized spacial score (nSPS) is 22.9. The van der Waals surface area contributed by atoms with Crippen LogP contribution in [0.3, 0.4) is 0 Å². The smallest absolute Gasteiger partial charge is 0.211 e. The van der Waals surface area contributed by atoms with Gasteiger partial charge in [0.05, 0.1) is 19.5 Å². The minimum Gasteiger partial charge on any atom is -0.379 e. The summed E-state index contributed by atoms with van der Waals surface area (Å²) < 4.78 is 28.1. The molecule has 0 bridgehead atoms. The molecule has 0 amide bonds. The van der Waals surface area contributed by atoms with Gasteiger partial charge in [0.2, 0.25) is 10.0 Å². The summed E-state index contributed by atoms with van der Waals surface area (Å²) in [5.41, 5.74) is 0. The van der Waals surface area contributed by atoms with Crippen LogP contribution >= 0.6 is 0 Å². The van der Waals surface area contributed by atoms with E-state index in [4.69, 9.17) is 4.74 Å². The van der Waals surface area contributed by atoms with Crippen molar-refractivity contribution in [3.63, 3.8) is 0 Å². The van der Waals surface area contributed by atoms with E-state index in [1.807, 2.05) is 0 Å². The highest BCUT2D eigenvalue weighted by Crippen LogP contribution is 2.01. The molecule has 4 nitrogen and oxygen atoms in total. The predicted molar refractivity (Wildman–Crippen MR) is 37.2 cm³/mol. The Morgan fingerprint density at radius 3 is 2.10 bits per heavy atom. The van der Waals surface area contributed by atoms with Gasteiger partial charge in [0, 0.05) is 13.1 Å². The van der Waals surface area contributed by atoms with Crippen LogP contribution in [0.15, 0.2) is 0 Å². The summed E-state index contributed by atoms with van der Waals surface area (Å²) in [5.74, 6) is 0. The van der Waals surface area contributed by atoms with E-state index in [9.17, 15) is 8.42 Å². The highest BCUT2D eigenvalue weighted by Gasteiger charge is 2.18. The fourth-order valence-corrected chi connectivity index (χ4v) is 1.69. The standard InChI is InChI=1S/C5H11NO3S/c1-10(7,8)6-2-4-9-5-3-6/h2-5H2,1H3. The Labute approximate surface area is 60.8 Å². The lowest BCUT2D eigenvalue weighted by atomic mass is 10.5. The zero-order valence-electron chi connectivity index (χ0n) is 5.91. The van der Waals surface area contributed by atoms with Crippen LogP contribution in [0.4, 0.5) is 0 Å². The van der Waals surface area contributed by atoms with E-state index in [0.29, 0.717) is 26.3 Å². The van der Waals surface area contributed by atoms with Gasteiger partial charge in [-0.2, -0.15) is 4.31 Å². The molecule has 1 heterocycles. The van der Waals surface area contributed by atoms with E-state index in [1.54, 1.807) is 0 Å². The Morgan fingerprint density at radius 2 is 1.80 bits per heavy atom. The van der Waals surface area contributed by atoms with Gasteiger partial charge in [0.1, 0.15) is 0 Å². The topological polar surface area (TPSA) is 46.6 Å². The number of sulfonamides is 1. The Kier molecular flexibility index (Phi) is 2.28. The van der Waals surface area contributed by atoms with Gasteiger partial charge in [0.15, 0.2) is 0 Å². The van der Waals surface area contributed by atoms with Crippen LogP contribution in [0.5, 0.6) is 0 Å². The molecule has 60 valence electrons. The van der Waals surface area contributed by atoms with Gasteiger partial charge in [-0.05, 0) is 0 Å². The second-order valence-electron chi connectivity index (χ2n) is 2.27.